The van der Waals surface area contributed by atoms with Crippen molar-refractivity contribution in [1.29, 1.82) is 0 Å². The second-order valence-electron chi connectivity index (χ2n) is 4.49. The number of phenols is 2. The third kappa shape index (κ3) is 2.83. The predicted molar refractivity (Wildman–Crippen MR) is 73.8 cm³/mol. The van der Waals surface area contributed by atoms with Crippen molar-refractivity contribution < 1.29 is 10.2 Å². The number of hydrogen-bond acceptors (Lipinski definition) is 2. The molecule has 0 atom stereocenters. The van der Waals surface area contributed by atoms with Crippen molar-refractivity contribution in [1.82, 2.24) is 0 Å². The molecule has 0 radical (unpaired) electrons. The predicted octanol–water partition coefficient (Wildman–Crippen LogP) is 4.11. The highest BCUT2D eigenvalue weighted by Gasteiger charge is 2.04. The van der Waals surface area contributed by atoms with Crippen LogP contribution >= 0.6 is 0 Å². The lowest BCUT2D eigenvalue weighted by Crippen LogP contribution is -1.87. The Balaban J connectivity index is 2.31. The highest BCUT2D eigenvalue weighted by molar-refractivity contribution is 5.66. The third-order valence-corrected chi connectivity index (χ3v) is 3.08. The van der Waals surface area contributed by atoms with E-state index < -0.39 is 0 Å². The van der Waals surface area contributed by atoms with Crippen molar-refractivity contribution in [3.8, 4) is 22.6 Å². The van der Waals surface area contributed by atoms with E-state index in [9.17, 15) is 10.2 Å². The van der Waals surface area contributed by atoms with E-state index in [-0.39, 0.29) is 5.75 Å². The van der Waals surface area contributed by atoms with Crippen LogP contribution in [-0.2, 0) is 6.42 Å². The van der Waals surface area contributed by atoms with Gasteiger partial charge in [-0.3, -0.25) is 0 Å². The topological polar surface area (TPSA) is 40.5 Å². The van der Waals surface area contributed by atoms with E-state index in [1.54, 1.807) is 18.2 Å². The van der Waals surface area contributed by atoms with Crippen LogP contribution in [0.3, 0.4) is 0 Å². The van der Waals surface area contributed by atoms with Crippen LogP contribution in [0.15, 0.2) is 42.5 Å². The van der Waals surface area contributed by atoms with Gasteiger partial charge in [-0.1, -0.05) is 31.5 Å². The van der Waals surface area contributed by atoms with Crippen LogP contribution in [0.4, 0.5) is 0 Å². The second kappa shape index (κ2) is 5.58. The fourth-order valence-electron chi connectivity index (χ4n) is 1.99. The van der Waals surface area contributed by atoms with Crippen LogP contribution in [0.2, 0.25) is 0 Å². The van der Waals surface area contributed by atoms with Crippen molar-refractivity contribution >= 4 is 0 Å². The molecule has 0 spiro atoms. The fourth-order valence-corrected chi connectivity index (χ4v) is 1.99. The molecular formula is C16H18O2. The molecule has 0 saturated heterocycles. The van der Waals surface area contributed by atoms with E-state index in [2.05, 4.69) is 6.92 Å². The van der Waals surface area contributed by atoms with Crippen molar-refractivity contribution in [2.24, 2.45) is 0 Å². The summed E-state index contributed by atoms with van der Waals surface area (Å²) in [6, 6.07) is 12.8. The number of rotatable bonds is 4. The van der Waals surface area contributed by atoms with Gasteiger partial charge in [0.1, 0.15) is 11.5 Å². The normalized spacial score (nSPS) is 10.5. The summed E-state index contributed by atoms with van der Waals surface area (Å²) >= 11 is 0. The van der Waals surface area contributed by atoms with Crippen molar-refractivity contribution in [3.63, 3.8) is 0 Å². The molecule has 0 bridgehead atoms. The molecule has 0 aliphatic rings. The zero-order valence-corrected chi connectivity index (χ0v) is 10.6. The summed E-state index contributed by atoms with van der Waals surface area (Å²) in [5.74, 6) is 0.634. The fraction of sp³-hybridized carbons (Fsp3) is 0.250. The quantitative estimate of drug-likeness (QED) is 0.847. The zero-order valence-electron chi connectivity index (χ0n) is 10.6. The Bertz CT molecular complexity index is 515. The van der Waals surface area contributed by atoms with Gasteiger partial charge in [-0.25, -0.2) is 0 Å². The van der Waals surface area contributed by atoms with E-state index in [4.69, 9.17) is 0 Å². The first-order valence-electron chi connectivity index (χ1n) is 6.32. The molecule has 0 fully saturated rings. The molecule has 0 aliphatic carbocycles. The zero-order chi connectivity index (χ0) is 13.0. The monoisotopic (exact) mass is 242 g/mol. The van der Waals surface area contributed by atoms with Gasteiger partial charge in [0.25, 0.3) is 0 Å². The van der Waals surface area contributed by atoms with E-state index in [0.29, 0.717) is 5.75 Å². The summed E-state index contributed by atoms with van der Waals surface area (Å²) < 4.78 is 0. The Kier molecular flexibility index (Phi) is 3.88. The Labute approximate surface area is 108 Å². The van der Waals surface area contributed by atoms with Crippen LogP contribution in [0, 0.1) is 0 Å². The summed E-state index contributed by atoms with van der Waals surface area (Å²) in [4.78, 5) is 0. The average Bonchev–Trinajstić information content (AvgIpc) is 2.39. The Hall–Kier alpha value is -1.96. The smallest absolute Gasteiger partial charge is 0.118 e. The lowest BCUT2D eigenvalue weighted by Gasteiger charge is -2.08. The molecule has 2 heteroatoms. The van der Waals surface area contributed by atoms with Crippen molar-refractivity contribution in [3.05, 3.63) is 48.0 Å². The Morgan fingerprint density at radius 1 is 0.889 bits per heavy atom. The molecule has 2 aromatic rings. The van der Waals surface area contributed by atoms with E-state index >= 15 is 0 Å². The molecule has 2 rings (SSSR count). The summed E-state index contributed by atoms with van der Waals surface area (Å²) in [6.07, 6.45) is 3.09. The summed E-state index contributed by atoms with van der Waals surface area (Å²) in [7, 11) is 0. The third-order valence-electron chi connectivity index (χ3n) is 3.08. The number of aryl methyl sites for hydroxylation is 1. The number of benzene rings is 2. The number of aromatic hydroxyl groups is 2. The summed E-state index contributed by atoms with van der Waals surface area (Å²) in [6.45, 7) is 2.14. The van der Waals surface area contributed by atoms with E-state index in [0.717, 1.165) is 36.0 Å². The van der Waals surface area contributed by atoms with Crippen LogP contribution in [0.5, 0.6) is 11.5 Å². The molecule has 2 aromatic carbocycles. The van der Waals surface area contributed by atoms with Crippen molar-refractivity contribution in [2.45, 2.75) is 26.2 Å². The SMILES string of the molecule is CCCCc1cc(-c2ccc(O)cc2)ccc1O. The minimum atomic E-state index is 0.267. The highest BCUT2D eigenvalue weighted by atomic mass is 16.3. The van der Waals surface area contributed by atoms with Gasteiger partial charge >= 0.3 is 0 Å². The molecule has 2 N–H and O–H groups in total. The summed E-state index contributed by atoms with van der Waals surface area (Å²) in [5, 5.41) is 19.1. The van der Waals surface area contributed by atoms with Crippen LogP contribution in [-0.4, -0.2) is 10.2 Å². The first-order chi connectivity index (χ1) is 8.70. The van der Waals surface area contributed by atoms with Crippen LogP contribution < -0.4 is 0 Å². The maximum Gasteiger partial charge on any atom is 0.118 e. The van der Waals surface area contributed by atoms with Gasteiger partial charge < -0.3 is 10.2 Å². The molecular weight excluding hydrogens is 224 g/mol. The Morgan fingerprint density at radius 2 is 1.56 bits per heavy atom. The first kappa shape index (κ1) is 12.5. The number of hydrogen-bond donors (Lipinski definition) is 2. The van der Waals surface area contributed by atoms with Crippen LogP contribution in [0.25, 0.3) is 11.1 Å². The summed E-state index contributed by atoms with van der Waals surface area (Å²) in [5.41, 5.74) is 3.10. The van der Waals surface area contributed by atoms with Gasteiger partial charge in [0.15, 0.2) is 0 Å². The second-order valence-corrected chi connectivity index (χ2v) is 4.49. The lowest BCUT2D eigenvalue weighted by molar-refractivity contribution is 0.467. The number of unbranched alkanes of at least 4 members (excludes halogenated alkanes) is 1. The lowest BCUT2D eigenvalue weighted by atomic mass is 9.99. The van der Waals surface area contributed by atoms with Gasteiger partial charge in [0.05, 0.1) is 0 Å². The largest absolute Gasteiger partial charge is 0.508 e. The van der Waals surface area contributed by atoms with Gasteiger partial charge in [0.2, 0.25) is 0 Å². The van der Waals surface area contributed by atoms with Gasteiger partial charge in [-0.2, -0.15) is 0 Å². The molecule has 0 aliphatic heterocycles. The maximum atomic E-state index is 9.81. The van der Waals surface area contributed by atoms with Crippen molar-refractivity contribution in [2.75, 3.05) is 0 Å². The van der Waals surface area contributed by atoms with Crippen LogP contribution in [0.1, 0.15) is 25.3 Å². The van der Waals surface area contributed by atoms with E-state index in [1.165, 1.54) is 0 Å². The first-order valence-corrected chi connectivity index (χ1v) is 6.32. The molecule has 94 valence electrons. The molecule has 0 heterocycles. The van der Waals surface area contributed by atoms with E-state index in [1.807, 2.05) is 24.3 Å². The maximum absolute atomic E-state index is 9.81. The van der Waals surface area contributed by atoms with Gasteiger partial charge in [-0.15, -0.1) is 0 Å². The minimum Gasteiger partial charge on any atom is -0.508 e. The molecule has 0 unspecified atom stereocenters. The number of phenolic OH excluding ortho intramolecular Hbond substituents is 2. The molecule has 18 heavy (non-hydrogen) atoms. The molecule has 0 amide bonds. The highest BCUT2D eigenvalue weighted by Crippen LogP contribution is 2.28. The standard InChI is InChI=1S/C16H18O2/c1-2-3-4-14-11-13(7-10-16(14)18)12-5-8-15(17)9-6-12/h5-11,17-18H,2-4H2,1H3. The minimum absolute atomic E-state index is 0.267. The molecule has 0 aromatic heterocycles. The Morgan fingerprint density at radius 3 is 2.22 bits per heavy atom. The average molecular weight is 242 g/mol. The molecule has 2 nitrogen and oxygen atoms in total. The van der Waals surface area contributed by atoms with Gasteiger partial charge in [0, 0.05) is 0 Å². The molecule has 0 saturated carbocycles. The van der Waals surface area contributed by atoms with Gasteiger partial charge in [-0.05, 0) is 53.8 Å².